The quantitative estimate of drug-likeness (QED) is 0.832. The Kier molecular flexibility index (Phi) is 4.02. The molecule has 1 aromatic heterocycles. The van der Waals surface area contributed by atoms with Crippen molar-refractivity contribution in [2.24, 2.45) is 5.92 Å². The molecule has 0 amide bonds. The number of nitrogens with one attached hydrogen (secondary N) is 1. The summed E-state index contributed by atoms with van der Waals surface area (Å²) < 4.78 is 11.2. The van der Waals surface area contributed by atoms with E-state index in [0.717, 1.165) is 37.6 Å². The fourth-order valence-electron chi connectivity index (χ4n) is 2.34. The van der Waals surface area contributed by atoms with Crippen LogP contribution in [0.4, 0.5) is 0 Å². The van der Waals surface area contributed by atoms with E-state index in [0.29, 0.717) is 12.0 Å². The van der Waals surface area contributed by atoms with Crippen LogP contribution in [0.3, 0.4) is 0 Å². The number of furan rings is 1. The summed E-state index contributed by atoms with van der Waals surface area (Å²) in [6, 6.07) is 4.04. The van der Waals surface area contributed by atoms with Gasteiger partial charge < -0.3 is 14.5 Å². The van der Waals surface area contributed by atoms with Crippen molar-refractivity contribution in [1.29, 1.82) is 0 Å². The van der Waals surface area contributed by atoms with E-state index < -0.39 is 0 Å². The van der Waals surface area contributed by atoms with Crippen molar-refractivity contribution in [3.05, 3.63) is 23.7 Å². The van der Waals surface area contributed by atoms with Crippen LogP contribution in [0.1, 0.15) is 31.3 Å². The minimum Gasteiger partial charge on any atom is -0.465 e. The summed E-state index contributed by atoms with van der Waals surface area (Å²) in [5.74, 6) is 2.66. The molecule has 1 fully saturated rings. The molecular weight excluding hydrogens is 202 g/mol. The minimum atomic E-state index is 0.450. The Hall–Kier alpha value is -0.800. The van der Waals surface area contributed by atoms with Crippen molar-refractivity contribution in [3.8, 4) is 0 Å². The van der Waals surface area contributed by atoms with Gasteiger partial charge in [-0.1, -0.05) is 6.92 Å². The first kappa shape index (κ1) is 11.7. The van der Waals surface area contributed by atoms with E-state index in [9.17, 15) is 0 Å². The molecule has 3 heteroatoms. The van der Waals surface area contributed by atoms with Crippen LogP contribution in [0.2, 0.25) is 0 Å². The highest BCUT2D eigenvalue weighted by atomic mass is 16.5. The molecule has 0 saturated carbocycles. The Morgan fingerprint density at radius 3 is 3.00 bits per heavy atom. The minimum absolute atomic E-state index is 0.450. The monoisotopic (exact) mass is 223 g/mol. The van der Waals surface area contributed by atoms with E-state index >= 15 is 0 Å². The SMILES string of the molecule is CCC1OCCC1CNCc1ccc(C)o1. The van der Waals surface area contributed by atoms with Crippen molar-refractivity contribution in [2.75, 3.05) is 13.2 Å². The van der Waals surface area contributed by atoms with Gasteiger partial charge >= 0.3 is 0 Å². The zero-order valence-corrected chi connectivity index (χ0v) is 10.2. The lowest BCUT2D eigenvalue weighted by Crippen LogP contribution is -2.27. The highest BCUT2D eigenvalue weighted by molar-refractivity contribution is 5.05. The van der Waals surface area contributed by atoms with Gasteiger partial charge in [-0.05, 0) is 37.8 Å². The Balaban J connectivity index is 1.71. The third kappa shape index (κ3) is 2.86. The summed E-state index contributed by atoms with van der Waals surface area (Å²) in [7, 11) is 0. The lowest BCUT2D eigenvalue weighted by atomic mass is 10.00. The summed E-state index contributed by atoms with van der Waals surface area (Å²) in [6.45, 7) is 6.93. The fraction of sp³-hybridized carbons (Fsp3) is 0.692. The molecule has 0 aliphatic carbocycles. The molecule has 1 aromatic rings. The van der Waals surface area contributed by atoms with E-state index in [1.807, 2.05) is 19.1 Å². The van der Waals surface area contributed by atoms with E-state index in [1.165, 1.54) is 6.42 Å². The summed E-state index contributed by atoms with van der Waals surface area (Å²) in [4.78, 5) is 0. The van der Waals surface area contributed by atoms with Gasteiger partial charge in [-0.25, -0.2) is 0 Å². The Bertz CT molecular complexity index is 321. The van der Waals surface area contributed by atoms with Gasteiger partial charge in [-0.3, -0.25) is 0 Å². The van der Waals surface area contributed by atoms with Crippen LogP contribution >= 0.6 is 0 Å². The lowest BCUT2D eigenvalue weighted by molar-refractivity contribution is 0.0871. The third-order valence-electron chi connectivity index (χ3n) is 3.25. The molecule has 1 N–H and O–H groups in total. The molecule has 2 heterocycles. The normalized spacial score (nSPS) is 25.1. The molecule has 90 valence electrons. The third-order valence-corrected chi connectivity index (χ3v) is 3.25. The second-order valence-corrected chi connectivity index (χ2v) is 4.51. The average molecular weight is 223 g/mol. The van der Waals surface area contributed by atoms with Crippen LogP contribution in [-0.4, -0.2) is 19.3 Å². The van der Waals surface area contributed by atoms with Crippen LogP contribution in [0, 0.1) is 12.8 Å². The van der Waals surface area contributed by atoms with Crippen LogP contribution < -0.4 is 5.32 Å². The summed E-state index contributed by atoms with van der Waals surface area (Å²) in [5.41, 5.74) is 0. The predicted octanol–water partition coefficient (Wildman–Crippen LogP) is 2.49. The molecule has 0 radical (unpaired) electrons. The molecule has 0 aromatic carbocycles. The van der Waals surface area contributed by atoms with Crippen molar-refractivity contribution < 1.29 is 9.15 Å². The van der Waals surface area contributed by atoms with Crippen LogP contribution in [0.15, 0.2) is 16.5 Å². The highest BCUT2D eigenvalue weighted by Gasteiger charge is 2.25. The molecule has 2 atom stereocenters. The number of aryl methyl sites for hydroxylation is 1. The number of rotatable bonds is 5. The summed E-state index contributed by atoms with van der Waals surface area (Å²) in [6.07, 6.45) is 2.75. The largest absolute Gasteiger partial charge is 0.465 e. The van der Waals surface area contributed by atoms with Gasteiger partial charge in [-0.2, -0.15) is 0 Å². The van der Waals surface area contributed by atoms with Gasteiger partial charge in [0.15, 0.2) is 0 Å². The van der Waals surface area contributed by atoms with Crippen molar-refractivity contribution >= 4 is 0 Å². The van der Waals surface area contributed by atoms with Gasteiger partial charge in [0.25, 0.3) is 0 Å². The van der Waals surface area contributed by atoms with Gasteiger partial charge in [0, 0.05) is 13.2 Å². The van der Waals surface area contributed by atoms with E-state index in [2.05, 4.69) is 12.2 Å². The first-order chi connectivity index (χ1) is 7.79. The van der Waals surface area contributed by atoms with Crippen LogP contribution in [0.5, 0.6) is 0 Å². The molecule has 2 unspecified atom stereocenters. The molecule has 0 spiro atoms. The average Bonchev–Trinajstić information content (AvgIpc) is 2.87. The van der Waals surface area contributed by atoms with Gasteiger partial charge in [0.05, 0.1) is 12.6 Å². The fourth-order valence-corrected chi connectivity index (χ4v) is 2.34. The Morgan fingerprint density at radius 1 is 1.44 bits per heavy atom. The molecular formula is C13H21NO2. The number of hydrogen-bond donors (Lipinski definition) is 1. The van der Waals surface area contributed by atoms with Crippen molar-refractivity contribution in [3.63, 3.8) is 0 Å². The lowest BCUT2D eigenvalue weighted by Gasteiger charge is -2.16. The second-order valence-electron chi connectivity index (χ2n) is 4.51. The maximum absolute atomic E-state index is 5.66. The summed E-state index contributed by atoms with van der Waals surface area (Å²) >= 11 is 0. The Labute approximate surface area is 97.2 Å². The number of ether oxygens (including phenoxy) is 1. The highest BCUT2D eigenvalue weighted by Crippen LogP contribution is 2.22. The topological polar surface area (TPSA) is 34.4 Å². The zero-order valence-electron chi connectivity index (χ0n) is 10.2. The molecule has 1 aliphatic rings. The predicted molar refractivity (Wildman–Crippen MR) is 63.3 cm³/mol. The molecule has 1 aliphatic heterocycles. The number of hydrogen-bond acceptors (Lipinski definition) is 3. The Morgan fingerprint density at radius 2 is 2.31 bits per heavy atom. The molecule has 16 heavy (non-hydrogen) atoms. The maximum atomic E-state index is 5.66. The van der Waals surface area contributed by atoms with E-state index in [1.54, 1.807) is 0 Å². The van der Waals surface area contributed by atoms with Crippen LogP contribution in [-0.2, 0) is 11.3 Å². The van der Waals surface area contributed by atoms with E-state index in [-0.39, 0.29) is 0 Å². The van der Waals surface area contributed by atoms with Gasteiger partial charge in [0.1, 0.15) is 11.5 Å². The molecule has 1 saturated heterocycles. The van der Waals surface area contributed by atoms with E-state index in [4.69, 9.17) is 9.15 Å². The zero-order chi connectivity index (χ0) is 11.4. The smallest absolute Gasteiger partial charge is 0.117 e. The first-order valence-electron chi connectivity index (χ1n) is 6.17. The molecule has 3 nitrogen and oxygen atoms in total. The molecule has 2 rings (SSSR count). The van der Waals surface area contributed by atoms with Crippen LogP contribution in [0.25, 0.3) is 0 Å². The standard InChI is InChI=1S/C13H21NO2/c1-3-13-11(6-7-15-13)8-14-9-12-5-4-10(2)16-12/h4-5,11,13-14H,3,6-9H2,1-2H3. The summed E-state index contributed by atoms with van der Waals surface area (Å²) in [5, 5.41) is 3.45. The second kappa shape index (κ2) is 5.51. The van der Waals surface area contributed by atoms with Gasteiger partial charge in [0.2, 0.25) is 0 Å². The van der Waals surface area contributed by atoms with Gasteiger partial charge in [-0.15, -0.1) is 0 Å². The molecule has 0 bridgehead atoms. The van der Waals surface area contributed by atoms with Crippen molar-refractivity contribution in [2.45, 2.75) is 39.3 Å². The van der Waals surface area contributed by atoms with Crippen molar-refractivity contribution in [1.82, 2.24) is 5.32 Å². The maximum Gasteiger partial charge on any atom is 0.117 e. The first-order valence-corrected chi connectivity index (χ1v) is 6.17.